The third kappa shape index (κ3) is 2.88. The first-order valence-electron chi connectivity index (χ1n) is 6.95. The van der Waals surface area contributed by atoms with Gasteiger partial charge in [0.05, 0.1) is 7.11 Å². The predicted molar refractivity (Wildman–Crippen MR) is 85.1 cm³/mol. The lowest BCUT2D eigenvalue weighted by atomic mass is 10.0. The fourth-order valence-electron chi connectivity index (χ4n) is 2.24. The van der Waals surface area contributed by atoms with Crippen LogP contribution in [-0.2, 0) is 5.11 Å². The third-order valence-corrected chi connectivity index (χ3v) is 3.33. The van der Waals surface area contributed by atoms with Crippen molar-refractivity contribution in [3.63, 3.8) is 0 Å². The number of methoxy groups -OCH3 is 1. The molecule has 3 aromatic rings. The van der Waals surface area contributed by atoms with E-state index in [0.29, 0.717) is 17.1 Å². The molecule has 3 heteroatoms. The molecule has 0 aliphatic rings. The zero-order valence-electron chi connectivity index (χ0n) is 12.2. The van der Waals surface area contributed by atoms with Gasteiger partial charge in [-0.2, -0.15) is 0 Å². The molecule has 0 aromatic heterocycles. The maximum Gasteiger partial charge on any atom is 0.186 e. The largest absolute Gasteiger partial charge is 0.497 e. The molecule has 0 aliphatic carbocycles. The van der Waals surface area contributed by atoms with E-state index in [1.54, 1.807) is 19.2 Å². The van der Waals surface area contributed by atoms with Crippen LogP contribution in [0.5, 0.6) is 23.0 Å². The number of benzene rings is 3. The second-order valence-corrected chi connectivity index (χ2v) is 4.77. The molecule has 0 saturated heterocycles. The van der Waals surface area contributed by atoms with Gasteiger partial charge in [0.2, 0.25) is 0 Å². The summed E-state index contributed by atoms with van der Waals surface area (Å²) in [5.41, 5.74) is 1.31. The number of ether oxygens (including phenoxy) is 2. The van der Waals surface area contributed by atoms with Gasteiger partial charge in [-0.3, -0.25) is 5.11 Å². The molecule has 0 fully saturated rings. The van der Waals surface area contributed by atoms with E-state index in [2.05, 4.69) is 0 Å². The van der Waals surface area contributed by atoms with Crippen molar-refractivity contribution in [2.45, 2.75) is 0 Å². The minimum absolute atomic E-state index is 0.0649. The van der Waals surface area contributed by atoms with E-state index >= 15 is 0 Å². The summed E-state index contributed by atoms with van der Waals surface area (Å²) in [5.74, 6) is 1.94. The van der Waals surface area contributed by atoms with Crippen LogP contribution in [0.1, 0.15) is 0 Å². The van der Waals surface area contributed by atoms with Crippen molar-refractivity contribution >= 4 is 0 Å². The van der Waals surface area contributed by atoms with Crippen molar-refractivity contribution in [1.82, 2.24) is 0 Å². The van der Waals surface area contributed by atoms with Gasteiger partial charge in [-0.1, -0.05) is 36.4 Å². The summed E-state index contributed by atoms with van der Waals surface area (Å²) < 4.78 is 11.1. The molecule has 0 unspecified atom stereocenters. The van der Waals surface area contributed by atoms with Crippen molar-refractivity contribution < 1.29 is 14.6 Å². The maximum absolute atomic E-state index is 12.2. The lowest BCUT2D eigenvalue weighted by molar-refractivity contribution is 0.354. The highest BCUT2D eigenvalue weighted by molar-refractivity contribution is 5.76. The number of rotatable bonds is 4. The molecule has 0 N–H and O–H groups in total. The molecule has 0 aliphatic heterocycles. The molecule has 3 nitrogen and oxygen atoms in total. The van der Waals surface area contributed by atoms with E-state index in [0.717, 1.165) is 11.3 Å². The second kappa shape index (κ2) is 6.22. The van der Waals surface area contributed by atoms with Crippen molar-refractivity contribution in [2.75, 3.05) is 7.11 Å². The Bertz CT molecular complexity index is 767. The number of hydrogen-bond donors (Lipinski definition) is 0. The summed E-state index contributed by atoms with van der Waals surface area (Å²) in [4.78, 5) is 0. The fourth-order valence-corrected chi connectivity index (χ4v) is 2.24. The van der Waals surface area contributed by atoms with Crippen LogP contribution in [-0.4, -0.2) is 7.11 Å². The van der Waals surface area contributed by atoms with Gasteiger partial charge in [0, 0.05) is 11.1 Å². The Morgan fingerprint density at radius 3 is 2.23 bits per heavy atom. The Morgan fingerprint density at radius 2 is 1.45 bits per heavy atom. The monoisotopic (exact) mass is 291 g/mol. The van der Waals surface area contributed by atoms with E-state index in [4.69, 9.17) is 9.47 Å². The van der Waals surface area contributed by atoms with E-state index in [-0.39, 0.29) is 5.75 Å². The smallest absolute Gasteiger partial charge is 0.186 e. The van der Waals surface area contributed by atoms with Crippen LogP contribution >= 0.6 is 0 Å². The Morgan fingerprint density at radius 1 is 0.727 bits per heavy atom. The van der Waals surface area contributed by atoms with Gasteiger partial charge in [0.25, 0.3) is 0 Å². The van der Waals surface area contributed by atoms with E-state index < -0.39 is 0 Å². The van der Waals surface area contributed by atoms with Crippen LogP contribution in [0.3, 0.4) is 0 Å². The summed E-state index contributed by atoms with van der Waals surface area (Å²) in [7, 11) is 1.58. The molecule has 0 spiro atoms. The van der Waals surface area contributed by atoms with Gasteiger partial charge in [-0.15, -0.1) is 0 Å². The van der Waals surface area contributed by atoms with Crippen molar-refractivity contribution in [3.05, 3.63) is 72.8 Å². The van der Waals surface area contributed by atoms with Crippen molar-refractivity contribution in [3.8, 4) is 34.1 Å². The van der Waals surface area contributed by atoms with Crippen LogP contribution in [0, 0.1) is 0 Å². The van der Waals surface area contributed by atoms with Gasteiger partial charge in [0.15, 0.2) is 5.75 Å². The first kappa shape index (κ1) is 14.0. The van der Waals surface area contributed by atoms with Gasteiger partial charge < -0.3 is 9.47 Å². The highest BCUT2D eigenvalue weighted by Gasteiger charge is 2.13. The van der Waals surface area contributed by atoms with Crippen molar-refractivity contribution in [2.24, 2.45) is 0 Å². The molecule has 22 heavy (non-hydrogen) atoms. The molecule has 1 radical (unpaired) electrons. The van der Waals surface area contributed by atoms with Crippen LogP contribution in [0.2, 0.25) is 0 Å². The lowest BCUT2D eigenvalue weighted by Crippen LogP contribution is -1.89. The Kier molecular flexibility index (Phi) is 3.97. The first-order chi connectivity index (χ1) is 10.8. The normalized spacial score (nSPS) is 10.2. The Balaban J connectivity index is 2.05. The molecule has 0 heterocycles. The SMILES string of the molecule is COc1ccc([O])c(-c2ccccc2Oc2ccccc2)c1. The Labute approximate surface area is 129 Å². The molecule has 0 atom stereocenters. The quantitative estimate of drug-likeness (QED) is 0.654. The summed E-state index contributed by atoms with van der Waals surface area (Å²) in [6, 6.07) is 21.9. The average molecular weight is 291 g/mol. The molecular formula is C19H15O3. The maximum atomic E-state index is 12.2. The molecule has 0 amide bonds. The summed E-state index contributed by atoms with van der Waals surface area (Å²) >= 11 is 0. The predicted octanol–water partition coefficient (Wildman–Crippen LogP) is 5.30. The number of para-hydroxylation sites is 2. The Hall–Kier alpha value is -2.94. The second-order valence-electron chi connectivity index (χ2n) is 4.77. The lowest BCUT2D eigenvalue weighted by Gasteiger charge is -2.12. The zero-order chi connectivity index (χ0) is 15.4. The first-order valence-corrected chi connectivity index (χ1v) is 6.95. The van der Waals surface area contributed by atoms with Crippen LogP contribution in [0.15, 0.2) is 72.8 Å². The van der Waals surface area contributed by atoms with Crippen molar-refractivity contribution in [1.29, 1.82) is 0 Å². The van der Waals surface area contributed by atoms with Gasteiger partial charge in [0.1, 0.15) is 17.2 Å². The van der Waals surface area contributed by atoms with E-state index in [9.17, 15) is 5.11 Å². The molecule has 3 aromatic carbocycles. The highest BCUT2D eigenvalue weighted by Crippen LogP contribution is 2.39. The minimum Gasteiger partial charge on any atom is -0.497 e. The molecule has 0 saturated carbocycles. The zero-order valence-corrected chi connectivity index (χ0v) is 12.2. The topological polar surface area (TPSA) is 38.4 Å². The third-order valence-electron chi connectivity index (χ3n) is 3.33. The summed E-state index contributed by atoms with van der Waals surface area (Å²) in [5, 5.41) is 12.2. The van der Waals surface area contributed by atoms with Gasteiger partial charge in [-0.25, -0.2) is 0 Å². The average Bonchev–Trinajstić information content (AvgIpc) is 2.57. The minimum atomic E-state index is -0.0649. The van der Waals surface area contributed by atoms with Crippen LogP contribution in [0.25, 0.3) is 11.1 Å². The van der Waals surface area contributed by atoms with E-state index in [1.807, 2.05) is 54.6 Å². The highest BCUT2D eigenvalue weighted by atomic mass is 16.5. The standard InChI is InChI=1S/C19H15O3/c1-21-15-11-12-18(20)17(13-15)16-9-5-6-10-19(16)22-14-7-3-2-4-8-14/h2-13H,1H3. The molecular weight excluding hydrogens is 276 g/mol. The van der Waals surface area contributed by atoms with Crippen LogP contribution in [0.4, 0.5) is 0 Å². The fraction of sp³-hybridized carbons (Fsp3) is 0.0526. The number of hydrogen-bond acceptors (Lipinski definition) is 2. The van der Waals surface area contributed by atoms with E-state index in [1.165, 1.54) is 6.07 Å². The molecule has 109 valence electrons. The molecule has 0 bridgehead atoms. The van der Waals surface area contributed by atoms with Gasteiger partial charge in [-0.05, 0) is 36.4 Å². The van der Waals surface area contributed by atoms with Gasteiger partial charge >= 0.3 is 0 Å². The summed E-state index contributed by atoms with van der Waals surface area (Å²) in [6.45, 7) is 0. The molecule has 3 rings (SSSR count). The summed E-state index contributed by atoms with van der Waals surface area (Å²) in [6.07, 6.45) is 0. The van der Waals surface area contributed by atoms with Crippen LogP contribution < -0.4 is 9.47 Å².